The first-order valence-electron chi connectivity index (χ1n) is 6.75. The third-order valence-corrected chi connectivity index (χ3v) is 3.20. The van der Waals surface area contributed by atoms with E-state index in [0.717, 1.165) is 29.9 Å². The van der Waals surface area contributed by atoms with Crippen LogP contribution in [0.25, 0.3) is 0 Å². The standard InChI is InChI=1S/C16H25FN2/c1-7-18-13(5)14-9-15(17)12(4)8-16(14)19(6)10-11(2)3/h8-9,13,18H,2,7,10H2,1,3-6H3. The van der Waals surface area contributed by atoms with Gasteiger partial charge in [-0.05, 0) is 50.6 Å². The fourth-order valence-electron chi connectivity index (χ4n) is 2.27. The highest BCUT2D eigenvalue weighted by molar-refractivity contribution is 5.57. The molecule has 106 valence electrons. The van der Waals surface area contributed by atoms with E-state index in [1.807, 2.05) is 20.0 Å². The lowest BCUT2D eigenvalue weighted by Crippen LogP contribution is -2.25. The predicted molar refractivity (Wildman–Crippen MR) is 81.3 cm³/mol. The molecule has 3 heteroatoms. The summed E-state index contributed by atoms with van der Waals surface area (Å²) in [5.41, 5.74) is 3.83. The van der Waals surface area contributed by atoms with Gasteiger partial charge in [0.2, 0.25) is 0 Å². The van der Waals surface area contributed by atoms with Crippen molar-refractivity contribution in [3.8, 4) is 0 Å². The minimum Gasteiger partial charge on any atom is -0.370 e. The van der Waals surface area contributed by atoms with Gasteiger partial charge in [0.1, 0.15) is 5.82 Å². The molecule has 0 fully saturated rings. The second-order valence-electron chi connectivity index (χ2n) is 5.25. The van der Waals surface area contributed by atoms with Crippen molar-refractivity contribution in [1.82, 2.24) is 5.32 Å². The number of rotatable bonds is 6. The van der Waals surface area contributed by atoms with Crippen LogP contribution in [0.2, 0.25) is 0 Å². The van der Waals surface area contributed by atoms with E-state index in [-0.39, 0.29) is 11.9 Å². The molecule has 1 aromatic rings. The maximum absolute atomic E-state index is 13.8. The van der Waals surface area contributed by atoms with E-state index in [1.165, 1.54) is 0 Å². The van der Waals surface area contributed by atoms with Crippen LogP contribution in [0.1, 0.15) is 37.9 Å². The van der Waals surface area contributed by atoms with E-state index in [9.17, 15) is 4.39 Å². The summed E-state index contributed by atoms with van der Waals surface area (Å²) in [6, 6.07) is 3.69. The molecule has 0 saturated carbocycles. The third-order valence-electron chi connectivity index (χ3n) is 3.20. The summed E-state index contributed by atoms with van der Waals surface area (Å²) in [6.07, 6.45) is 0. The number of hydrogen-bond donors (Lipinski definition) is 1. The van der Waals surface area contributed by atoms with E-state index in [4.69, 9.17) is 0 Å². The van der Waals surface area contributed by atoms with E-state index in [0.29, 0.717) is 5.56 Å². The molecule has 0 aromatic heterocycles. The molecule has 1 aromatic carbocycles. The van der Waals surface area contributed by atoms with Crippen LogP contribution in [0, 0.1) is 12.7 Å². The van der Waals surface area contributed by atoms with E-state index in [2.05, 4.69) is 30.6 Å². The number of hydrogen-bond acceptors (Lipinski definition) is 2. The van der Waals surface area contributed by atoms with Crippen molar-refractivity contribution in [2.24, 2.45) is 0 Å². The first kappa shape index (κ1) is 15.7. The van der Waals surface area contributed by atoms with Crippen molar-refractivity contribution in [3.05, 3.63) is 41.2 Å². The molecule has 0 bridgehead atoms. The zero-order chi connectivity index (χ0) is 14.6. The van der Waals surface area contributed by atoms with Crippen LogP contribution in [0.4, 0.5) is 10.1 Å². The van der Waals surface area contributed by atoms with Gasteiger partial charge in [-0.1, -0.05) is 19.1 Å². The molecule has 0 saturated heterocycles. The number of anilines is 1. The van der Waals surface area contributed by atoms with Gasteiger partial charge in [-0.2, -0.15) is 0 Å². The Bertz CT molecular complexity index is 454. The van der Waals surface area contributed by atoms with E-state index in [1.54, 1.807) is 13.0 Å². The Balaban J connectivity index is 3.19. The Morgan fingerprint density at radius 2 is 2.11 bits per heavy atom. The van der Waals surface area contributed by atoms with Gasteiger partial charge < -0.3 is 10.2 Å². The highest BCUT2D eigenvalue weighted by Crippen LogP contribution is 2.29. The van der Waals surface area contributed by atoms with Gasteiger partial charge in [-0.3, -0.25) is 0 Å². The largest absolute Gasteiger partial charge is 0.370 e. The van der Waals surface area contributed by atoms with Gasteiger partial charge in [-0.15, -0.1) is 0 Å². The molecule has 2 nitrogen and oxygen atoms in total. The molecule has 1 unspecified atom stereocenters. The molecule has 19 heavy (non-hydrogen) atoms. The quantitative estimate of drug-likeness (QED) is 0.786. The molecule has 0 aliphatic heterocycles. The molecule has 0 radical (unpaired) electrons. The van der Waals surface area contributed by atoms with Crippen molar-refractivity contribution in [1.29, 1.82) is 0 Å². The minimum atomic E-state index is -0.146. The Hall–Kier alpha value is -1.35. The van der Waals surface area contributed by atoms with Crippen molar-refractivity contribution < 1.29 is 4.39 Å². The smallest absolute Gasteiger partial charge is 0.126 e. The highest BCUT2D eigenvalue weighted by Gasteiger charge is 2.15. The maximum atomic E-state index is 13.8. The monoisotopic (exact) mass is 264 g/mol. The summed E-state index contributed by atoms with van der Waals surface area (Å²) in [5, 5.41) is 3.34. The van der Waals surface area contributed by atoms with E-state index < -0.39 is 0 Å². The summed E-state index contributed by atoms with van der Waals surface area (Å²) >= 11 is 0. The lowest BCUT2D eigenvalue weighted by molar-refractivity contribution is 0.579. The number of halogens is 1. The summed E-state index contributed by atoms with van der Waals surface area (Å²) < 4.78 is 13.8. The number of nitrogens with one attached hydrogen (secondary N) is 1. The molecule has 1 rings (SSSR count). The minimum absolute atomic E-state index is 0.127. The van der Waals surface area contributed by atoms with Crippen molar-refractivity contribution in [2.75, 3.05) is 25.0 Å². The second-order valence-corrected chi connectivity index (χ2v) is 5.25. The predicted octanol–water partition coefficient (Wildman–Crippen LogP) is 3.82. The first-order chi connectivity index (χ1) is 8.86. The first-order valence-corrected chi connectivity index (χ1v) is 6.75. The molecule has 0 amide bonds. The lowest BCUT2D eigenvalue weighted by Gasteiger charge is -2.26. The summed E-state index contributed by atoms with van der Waals surface area (Å²) in [6.45, 7) is 13.5. The van der Waals surface area contributed by atoms with Crippen LogP contribution in [0.3, 0.4) is 0 Å². The number of benzene rings is 1. The Kier molecular flexibility index (Phi) is 5.55. The summed E-state index contributed by atoms with van der Waals surface area (Å²) in [5.74, 6) is -0.146. The highest BCUT2D eigenvalue weighted by atomic mass is 19.1. The number of aryl methyl sites for hydroxylation is 1. The Morgan fingerprint density at radius 3 is 2.63 bits per heavy atom. The van der Waals surface area contributed by atoms with Gasteiger partial charge in [0.15, 0.2) is 0 Å². The maximum Gasteiger partial charge on any atom is 0.126 e. The molecular weight excluding hydrogens is 239 g/mol. The Labute approximate surface area is 116 Å². The number of likely N-dealkylation sites (N-methyl/N-ethyl adjacent to an activating group) is 1. The average Bonchev–Trinajstić information content (AvgIpc) is 2.31. The van der Waals surface area contributed by atoms with Crippen LogP contribution in [-0.4, -0.2) is 20.1 Å². The average molecular weight is 264 g/mol. The van der Waals surface area contributed by atoms with Crippen LogP contribution < -0.4 is 10.2 Å². The van der Waals surface area contributed by atoms with Crippen LogP contribution in [0.5, 0.6) is 0 Å². The van der Waals surface area contributed by atoms with Crippen LogP contribution >= 0.6 is 0 Å². The Morgan fingerprint density at radius 1 is 1.47 bits per heavy atom. The second kappa shape index (κ2) is 6.71. The molecule has 0 aliphatic carbocycles. The molecule has 0 spiro atoms. The normalized spacial score (nSPS) is 12.3. The summed E-state index contributed by atoms with van der Waals surface area (Å²) in [4.78, 5) is 2.12. The topological polar surface area (TPSA) is 15.3 Å². The zero-order valence-corrected chi connectivity index (χ0v) is 12.7. The van der Waals surface area contributed by atoms with Gasteiger partial charge in [0.25, 0.3) is 0 Å². The molecule has 1 atom stereocenters. The SMILES string of the molecule is C=C(C)CN(C)c1cc(C)c(F)cc1C(C)NCC. The fraction of sp³-hybridized carbons (Fsp3) is 0.500. The summed E-state index contributed by atoms with van der Waals surface area (Å²) in [7, 11) is 2.02. The van der Waals surface area contributed by atoms with Crippen LogP contribution in [0.15, 0.2) is 24.3 Å². The van der Waals surface area contributed by atoms with Gasteiger partial charge >= 0.3 is 0 Å². The molecule has 0 heterocycles. The molecule has 0 aliphatic rings. The number of nitrogens with zero attached hydrogens (tertiary/aromatic N) is 1. The molecular formula is C16H25FN2. The van der Waals surface area contributed by atoms with Crippen LogP contribution in [-0.2, 0) is 0 Å². The molecule has 1 N–H and O–H groups in total. The van der Waals surface area contributed by atoms with Gasteiger partial charge in [0, 0.05) is 25.3 Å². The fourth-order valence-corrected chi connectivity index (χ4v) is 2.27. The van der Waals surface area contributed by atoms with Crippen molar-refractivity contribution >= 4 is 5.69 Å². The lowest BCUT2D eigenvalue weighted by atomic mass is 10.0. The third kappa shape index (κ3) is 4.06. The zero-order valence-electron chi connectivity index (χ0n) is 12.7. The van der Waals surface area contributed by atoms with Crippen molar-refractivity contribution in [3.63, 3.8) is 0 Å². The van der Waals surface area contributed by atoms with E-state index >= 15 is 0 Å². The van der Waals surface area contributed by atoms with Gasteiger partial charge in [-0.25, -0.2) is 4.39 Å². The van der Waals surface area contributed by atoms with Crippen molar-refractivity contribution in [2.45, 2.75) is 33.7 Å². The van der Waals surface area contributed by atoms with Gasteiger partial charge in [0.05, 0.1) is 0 Å².